The lowest BCUT2D eigenvalue weighted by atomic mass is 10.1. The van der Waals surface area contributed by atoms with Crippen LogP contribution in [0.4, 0.5) is 5.69 Å². The van der Waals surface area contributed by atoms with Crippen LogP contribution in [-0.2, 0) is 4.79 Å². The summed E-state index contributed by atoms with van der Waals surface area (Å²) in [5.41, 5.74) is 2.96. The first-order valence-electron chi connectivity index (χ1n) is 11.5. The van der Waals surface area contributed by atoms with E-state index in [1.165, 1.54) is 0 Å². The van der Waals surface area contributed by atoms with E-state index < -0.39 is 0 Å². The first-order valence-corrected chi connectivity index (χ1v) is 11.5. The highest BCUT2D eigenvalue weighted by molar-refractivity contribution is 5.92. The Bertz CT molecular complexity index is 1180. The molecule has 2 aromatic carbocycles. The van der Waals surface area contributed by atoms with Gasteiger partial charge in [0.25, 0.3) is 0 Å². The average molecular weight is 461 g/mol. The lowest BCUT2D eigenvalue weighted by molar-refractivity contribution is -0.126. The summed E-state index contributed by atoms with van der Waals surface area (Å²) in [5.74, 6) is 3.15. The number of carbonyl (C=O) groups excluding carboxylic acids is 1. The molecule has 0 radical (unpaired) electrons. The molecule has 3 aromatic rings. The minimum atomic E-state index is 0.00774. The van der Waals surface area contributed by atoms with Gasteiger partial charge in [0.05, 0.1) is 14.2 Å². The second-order valence-corrected chi connectivity index (χ2v) is 8.54. The van der Waals surface area contributed by atoms with Gasteiger partial charge in [0.1, 0.15) is 0 Å². The molecule has 1 amide bonds. The largest absolute Gasteiger partial charge is 0.493 e. The average Bonchev–Trinajstić information content (AvgIpc) is 3.63. The second kappa shape index (κ2) is 9.59. The van der Waals surface area contributed by atoms with Gasteiger partial charge in [0, 0.05) is 49.4 Å². The van der Waals surface area contributed by atoms with Crippen LogP contribution in [0.15, 0.2) is 53.1 Å². The molecule has 8 heteroatoms. The standard InChI is InChI=1S/C26H28N4O4/c1-32-22-11-3-18(17-23(22)33-2)4-12-24(31)30-15-13-29(14-16-30)21-9-7-19(8-10-21)25-27-26(34-28-25)20-5-6-20/h3-4,7-12,17,20H,5-6,13-16H2,1-2H3/b12-4+. The van der Waals surface area contributed by atoms with Gasteiger partial charge in [-0.3, -0.25) is 4.79 Å². The minimum absolute atomic E-state index is 0.00774. The van der Waals surface area contributed by atoms with Crippen molar-refractivity contribution < 1.29 is 18.8 Å². The van der Waals surface area contributed by atoms with E-state index in [9.17, 15) is 4.79 Å². The summed E-state index contributed by atoms with van der Waals surface area (Å²) >= 11 is 0. The van der Waals surface area contributed by atoms with Crippen molar-refractivity contribution in [2.45, 2.75) is 18.8 Å². The number of piperazine rings is 1. The molecule has 0 bridgehead atoms. The predicted octanol–water partition coefficient (Wildman–Crippen LogP) is 3.99. The Hall–Kier alpha value is -3.81. The van der Waals surface area contributed by atoms with Crippen molar-refractivity contribution in [3.63, 3.8) is 0 Å². The van der Waals surface area contributed by atoms with E-state index in [0.717, 1.165) is 48.6 Å². The predicted molar refractivity (Wildman–Crippen MR) is 129 cm³/mol. The number of rotatable bonds is 7. The van der Waals surface area contributed by atoms with Gasteiger partial charge < -0.3 is 23.8 Å². The number of benzene rings is 2. The molecule has 0 N–H and O–H groups in total. The number of hydrogen-bond donors (Lipinski definition) is 0. The summed E-state index contributed by atoms with van der Waals surface area (Å²) in [5, 5.41) is 4.11. The first-order chi connectivity index (χ1) is 16.6. The SMILES string of the molecule is COc1ccc(/C=C/C(=O)N2CCN(c3ccc(-c4noc(C5CC5)n4)cc3)CC2)cc1OC. The molecule has 2 aliphatic rings. The highest BCUT2D eigenvalue weighted by Crippen LogP contribution is 2.39. The Balaban J connectivity index is 1.16. The molecule has 1 saturated heterocycles. The third-order valence-electron chi connectivity index (χ3n) is 6.28. The zero-order valence-corrected chi connectivity index (χ0v) is 19.4. The maximum atomic E-state index is 12.7. The maximum absolute atomic E-state index is 12.7. The van der Waals surface area contributed by atoms with E-state index in [-0.39, 0.29) is 5.91 Å². The number of carbonyl (C=O) groups is 1. The normalized spacial score (nSPS) is 16.2. The Labute approximate surface area is 198 Å². The number of hydrogen-bond acceptors (Lipinski definition) is 7. The van der Waals surface area contributed by atoms with E-state index in [0.29, 0.717) is 36.3 Å². The van der Waals surface area contributed by atoms with Crippen LogP contribution in [0.25, 0.3) is 17.5 Å². The molecule has 176 valence electrons. The fourth-order valence-corrected chi connectivity index (χ4v) is 4.08. The molecule has 2 fully saturated rings. The van der Waals surface area contributed by atoms with Crippen LogP contribution in [0, 0.1) is 0 Å². The highest BCUT2D eigenvalue weighted by atomic mass is 16.5. The van der Waals surface area contributed by atoms with Gasteiger partial charge in [-0.1, -0.05) is 11.2 Å². The van der Waals surface area contributed by atoms with Crippen LogP contribution in [0.1, 0.15) is 30.2 Å². The first kappa shape index (κ1) is 22.0. The molecule has 0 atom stereocenters. The van der Waals surface area contributed by atoms with E-state index in [1.54, 1.807) is 20.3 Å². The second-order valence-electron chi connectivity index (χ2n) is 8.54. The molecule has 1 saturated carbocycles. The summed E-state index contributed by atoms with van der Waals surface area (Å²) in [6.45, 7) is 2.91. The number of ether oxygens (including phenoxy) is 2. The minimum Gasteiger partial charge on any atom is -0.493 e. The van der Waals surface area contributed by atoms with Crippen molar-refractivity contribution in [1.29, 1.82) is 0 Å². The van der Waals surface area contributed by atoms with Crippen molar-refractivity contribution in [3.8, 4) is 22.9 Å². The lowest BCUT2D eigenvalue weighted by Gasteiger charge is -2.35. The number of amides is 1. The van der Waals surface area contributed by atoms with Crippen molar-refractivity contribution >= 4 is 17.7 Å². The molecule has 0 spiro atoms. The molecule has 8 nitrogen and oxygen atoms in total. The van der Waals surface area contributed by atoms with Crippen LogP contribution in [0.3, 0.4) is 0 Å². The van der Waals surface area contributed by atoms with Crippen molar-refractivity contribution in [1.82, 2.24) is 15.0 Å². The molecule has 1 aliphatic heterocycles. The van der Waals surface area contributed by atoms with Crippen LogP contribution >= 0.6 is 0 Å². The molecule has 1 aromatic heterocycles. The number of methoxy groups -OCH3 is 2. The summed E-state index contributed by atoms with van der Waals surface area (Å²) in [6.07, 6.45) is 5.70. The van der Waals surface area contributed by atoms with Crippen molar-refractivity contribution in [2.24, 2.45) is 0 Å². The van der Waals surface area contributed by atoms with E-state index in [1.807, 2.05) is 41.3 Å². The third-order valence-corrected chi connectivity index (χ3v) is 6.28. The van der Waals surface area contributed by atoms with Gasteiger partial charge in [0.2, 0.25) is 17.6 Å². The van der Waals surface area contributed by atoms with Gasteiger partial charge in [-0.15, -0.1) is 0 Å². The van der Waals surface area contributed by atoms with Gasteiger partial charge >= 0.3 is 0 Å². The third kappa shape index (κ3) is 4.76. The maximum Gasteiger partial charge on any atom is 0.246 e. The zero-order valence-electron chi connectivity index (χ0n) is 19.4. The topological polar surface area (TPSA) is 80.9 Å². The smallest absolute Gasteiger partial charge is 0.246 e. The zero-order chi connectivity index (χ0) is 23.5. The van der Waals surface area contributed by atoms with Gasteiger partial charge in [-0.05, 0) is 60.9 Å². The molecule has 1 aliphatic carbocycles. The Morgan fingerprint density at radius 3 is 2.41 bits per heavy atom. The fraction of sp³-hybridized carbons (Fsp3) is 0.346. The Morgan fingerprint density at radius 2 is 1.74 bits per heavy atom. The monoisotopic (exact) mass is 460 g/mol. The van der Waals surface area contributed by atoms with E-state index in [2.05, 4.69) is 27.2 Å². The molecular formula is C26H28N4O4. The number of nitrogens with zero attached hydrogens (tertiary/aromatic N) is 4. The summed E-state index contributed by atoms with van der Waals surface area (Å²) in [4.78, 5) is 21.4. The lowest BCUT2D eigenvalue weighted by Crippen LogP contribution is -2.48. The van der Waals surface area contributed by atoms with Crippen molar-refractivity contribution in [3.05, 3.63) is 60.0 Å². The fourth-order valence-electron chi connectivity index (χ4n) is 4.08. The van der Waals surface area contributed by atoms with Crippen molar-refractivity contribution in [2.75, 3.05) is 45.3 Å². The van der Waals surface area contributed by atoms with Crippen LogP contribution in [0.5, 0.6) is 11.5 Å². The summed E-state index contributed by atoms with van der Waals surface area (Å²) in [7, 11) is 3.20. The molecule has 2 heterocycles. The summed E-state index contributed by atoms with van der Waals surface area (Å²) < 4.78 is 16.0. The molecule has 34 heavy (non-hydrogen) atoms. The number of aromatic nitrogens is 2. The highest BCUT2D eigenvalue weighted by Gasteiger charge is 2.29. The Morgan fingerprint density at radius 1 is 1.00 bits per heavy atom. The molecule has 5 rings (SSSR count). The Kier molecular flexibility index (Phi) is 6.20. The number of anilines is 1. The van der Waals surface area contributed by atoms with Gasteiger partial charge in [0.15, 0.2) is 11.5 Å². The van der Waals surface area contributed by atoms with Crippen LogP contribution < -0.4 is 14.4 Å². The van der Waals surface area contributed by atoms with E-state index >= 15 is 0 Å². The molecular weight excluding hydrogens is 432 g/mol. The molecule has 0 unspecified atom stereocenters. The summed E-state index contributed by atoms with van der Waals surface area (Å²) in [6, 6.07) is 13.8. The van der Waals surface area contributed by atoms with Gasteiger partial charge in [-0.2, -0.15) is 4.98 Å². The van der Waals surface area contributed by atoms with Gasteiger partial charge in [-0.25, -0.2) is 0 Å². The van der Waals surface area contributed by atoms with Crippen LogP contribution in [-0.4, -0.2) is 61.3 Å². The van der Waals surface area contributed by atoms with E-state index in [4.69, 9.17) is 14.0 Å². The van der Waals surface area contributed by atoms with Crippen LogP contribution in [0.2, 0.25) is 0 Å². The quantitative estimate of drug-likeness (QED) is 0.493.